The maximum absolute atomic E-state index is 9.88. The maximum atomic E-state index is 9.88. The third-order valence-electron chi connectivity index (χ3n) is 5.60. The normalized spacial score (nSPS) is 20.5. The van der Waals surface area contributed by atoms with Crippen LogP contribution in [0.5, 0.6) is 0 Å². The third kappa shape index (κ3) is 4.40. The van der Waals surface area contributed by atoms with Crippen LogP contribution in [-0.2, 0) is 4.74 Å². The quantitative estimate of drug-likeness (QED) is 0.648. The van der Waals surface area contributed by atoms with Crippen LogP contribution in [-0.4, -0.2) is 37.5 Å². The van der Waals surface area contributed by atoms with Crippen molar-refractivity contribution >= 4 is 29.6 Å². The number of thioether (sulfide) groups is 2. The second kappa shape index (κ2) is 9.27. The maximum Gasteiger partial charge on any atom is 0.205 e. The SMILES string of the molecule is CSc1ccc(C=C2CN(C)CC3=C2OC(N)=C(C#N)C3c2ccc(SC)cc2)cc1. The Kier molecular flexibility index (Phi) is 6.47. The first-order valence-corrected chi connectivity index (χ1v) is 12.5. The summed E-state index contributed by atoms with van der Waals surface area (Å²) in [5.41, 5.74) is 11.1. The Morgan fingerprint density at radius 3 is 2.23 bits per heavy atom. The van der Waals surface area contributed by atoms with Gasteiger partial charge in [0.05, 0.1) is 5.92 Å². The molecule has 2 heterocycles. The van der Waals surface area contributed by atoms with Crippen molar-refractivity contribution in [3.63, 3.8) is 0 Å². The standard InChI is InChI=1S/C25H25N3OS2/c1-28-14-18(12-16-4-8-19(30-2)9-5-16)24-22(15-28)23(21(13-26)25(27)29-24)17-6-10-20(31-3)11-7-17/h4-12,23H,14-15,27H2,1-3H3. The number of hydrogen-bond acceptors (Lipinski definition) is 6. The highest BCUT2D eigenvalue weighted by molar-refractivity contribution is 7.98. The minimum atomic E-state index is -0.199. The lowest BCUT2D eigenvalue weighted by atomic mass is 9.80. The smallest absolute Gasteiger partial charge is 0.205 e. The Labute approximate surface area is 192 Å². The molecule has 0 bridgehead atoms. The van der Waals surface area contributed by atoms with Crippen LogP contribution >= 0.6 is 23.5 Å². The van der Waals surface area contributed by atoms with Crippen molar-refractivity contribution in [3.8, 4) is 6.07 Å². The van der Waals surface area contributed by atoms with E-state index in [1.54, 1.807) is 23.5 Å². The predicted octanol–water partition coefficient (Wildman–Crippen LogP) is 5.22. The van der Waals surface area contributed by atoms with Crippen LogP contribution in [0.15, 0.2) is 86.7 Å². The lowest BCUT2D eigenvalue weighted by Gasteiger charge is -2.37. The van der Waals surface area contributed by atoms with Gasteiger partial charge in [0.25, 0.3) is 0 Å². The van der Waals surface area contributed by atoms with Gasteiger partial charge < -0.3 is 10.5 Å². The van der Waals surface area contributed by atoms with Gasteiger partial charge in [-0.25, -0.2) is 0 Å². The number of allylic oxidation sites excluding steroid dienone is 1. The van der Waals surface area contributed by atoms with Crippen LogP contribution in [0.2, 0.25) is 0 Å². The number of nitriles is 1. The zero-order valence-corrected chi connectivity index (χ0v) is 19.5. The van der Waals surface area contributed by atoms with Crippen molar-refractivity contribution in [2.75, 3.05) is 32.6 Å². The van der Waals surface area contributed by atoms with Gasteiger partial charge in [-0.2, -0.15) is 5.26 Å². The molecule has 0 aliphatic carbocycles. The van der Waals surface area contributed by atoms with E-state index < -0.39 is 0 Å². The van der Waals surface area contributed by atoms with Crippen molar-refractivity contribution in [1.82, 2.24) is 4.90 Å². The zero-order chi connectivity index (χ0) is 22.0. The highest BCUT2D eigenvalue weighted by Crippen LogP contribution is 2.43. The lowest BCUT2D eigenvalue weighted by Crippen LogP contribution is -2.35. The van der Waals surface area contributed by atoms with Gasteiger partial charge in [-0.05, 0) is 66.6 Å². The first-order valence-electron chi connectivity index (χ1n) is 10.0. The van der Waals surface area contributed by atoms with E-state index in [2.05, 4.69) is 85.1 Å². The Morgan fingerprint density at radius 1 is 1.03 bits per heavy atom. The van der Waals surface area contributed by atoms with Crippen molar-refractivity contribution in [2.45, 2.75) is 15.7 Å². The number of likely N-dealkylation sites (N-methyl/N-ethyl adjacent to an activating group) is 1. The molecular weight excluding hydrogens is 422 g/mol. The molecule has 4 rings (SSSR count). The molecule has 0 fully saturated rings. The molecule has 0 amide bonds. The van der Waals surface area contributed by atoms with E-state index in [0.29, 0.717) is 5.57 Å². The number of benzene rings is 2. The number of hydrogen-bond donors (Lipinski definition) is 1. The molecule has 2 aromatic rings. The van der Waals surface area contributed by atoms with Crippen LogP contribution < -0.4 is 5.73 Å². The molecule has 2 aliphatic rings. The molecule has 31 heavy (non-hydrogen) atoms. The van der Waals surface area contributed by atoms with E-state index in [1.807, 2.05) is 0 Å². The lowest BCUT2D eigenvalue weighted by molar-refractivity contribution is 0.251. The predicted molar refractivity (Wildman–Crippen MR) is 130 cm³/mol. The Morgan fingerprint density at radius 2 is 1.65 bits per heavy atom. The molecule has 0 radical (unpaired) electrons. The first-order chi connectivity index (χ1) is 15.0. The molecule has 0 saturated carbocycles. The van der Waals surface area contributed by atoms with Crippen molar-refractivity contribution < 1.29 is 4.74 Å². The molecule has 158 valence electrons. The second-order valence-corrected chi connectivity index (χ2v) is 9.43. The minimum Gasteiger partial charge on any atom is -0.440 e. The fourth-order valence-electron chi connectivity index (χ4n) is 4.12. The molecule has 0 aromatic heterocycles. The molecule has 1 atom stereocenters. The van der Waals surface area contributed by atoms with Gasteiger partial charge in [-0.15, -0.1) is 23.5 Å². The summed E-state index contributed by atoms with van der Waals surface area (Å²) in [7, 11) is 2.09. The summed E-state index contributed by atoms with van der Waals surface area (Å²) in [4.78, 5) is 4.68. The summed E-state index contributed by atoms with van der Waals surface area (Å²) in [5.74, 6) is 0.811. The largest absolute Gasteiger partial charge is 0.440 e. The first kappa shape index (κ1) is 21.6. The Bertz CT molecular complexity index is 1110. The number of nitrogens with two attached hydrogens (primary N) is 1. The van der Waals surface area contributed by atoms with Crippen molar-refractivity contribution in [1.29, 1.82) is 5.26 Å². The van der Waals surface area contributed by atoms with Gasteiger partial charge in [-0.1, -0.05) is 24.3 Å². The van der Waals surface area contributed by atoms with Crippen LogP contribution in [0.1, 0.15) is 17.0 Å². The van der Waals surface area contributed by atoms with Crippen LogP contribution in [0.4, 0.5) is 0 Å². The summed E-state index contributed by atoms with van der Waals surface area (Å²) < 4.78 is 6.08. The average Bonchev–Trinajstić information content (AvgIpc) is 2.79. The van der Waals surface area contributed by atoms with Crippen molar-refractivity contribution in [2.24, 2.45) is 5.73 Å². The van der Waals surface area contributed by atoms with Crippen LogP contribution in [0, 0.1) is 11.3 Å². The van der Waals surface area contributed by atoms with E-state index in [0.717, 1.165) is 41.1 Å². The zero-order valence-electron chi connectivity index (χ0n) is 17.9. The van der Waals surface area contributed by atoms with Gasteiger partial charge in [0.15, 0.2) is 0 Å². The van der Waals surface area contributed by atoms with Crippen molar-refractivity contribution in [3.05, 3.63) is 88.0 Å². The summed E-state index contributed by atoms with van der Waals surface area (Å²) in [5, 5.41) is 9.88. The van der Waals surface area contributed by atoms with E-state index in [1.165, 1.54) is 9.79 Å². The molecule has 2 aromatic carbocycles. The van der Waals surface area contributed by atoms with Crippen LogP contribution in [0.3, 0.4) is 0 Å². The molecule has 2 aliphatic heterocycles. The van der Waals surface area contributed by atoms with Gasteiger partial charge in [0, 0.05) is 28.5 Å². The minimum absolute atomic E-state index is 0.199. The molecular formula is C25H25N3OS2. The molecule has 0 saturated heterocycles. The second-order valence-electron chi connectivity index (χ2n) is 7.67. The molecule has 6 heteroatoms. The molecule has 4 nitrogen and oxygen atoms in total. The summed E-state index contributed by atoms with van der Waals surface area (Å²) in [6, 6.07) is 19.2. The van der Waals surface area contributed by atoms with Crippen LogP contribution in [0.25, 0.3) is 6.08 Å². The van der Waals surface area contributed by atoms with Gasteiger partial charge in [-0.3, -0.25) is 4.90 Å². The van der Waals surface area contributed by atoms with E-state index in [-0.39, 0.29) is 11.8 Å². The number of ether oxygens (including phenoxy) is 1. The third-order valence-corrected chi connectivity index (χ3v) is 7.09. The highest BCUT2D eigenvalue weighted by atomic mass is 32.2. The molecule has 1 unspecified atom stereocenters. The van der Waals surface area contributed by atoms with Gasteiger partial charge in [0.1, 0.15) is 17.4 Å². The number of rotatable bonds is 4. The summed E-state index contributed by atoms with van der Waals surface area (Å²) in [6.07, 6.45) is 6.29. The monoisotopic (exact) mass is 447 g/mol. The van der Waals surface area contributed by atoms with E-state index in [9.17, 15) is 5.26 Å². The number of nitrogens with zero attached hydrogens (tertiary/aromatic N) is 2. The summed E-state index contributed by atoms with van der Waals surface area (Å²) in [6.45, 7) is 1.49. The highest BCUT2D eigenvalue weighted by Gasteiger charge is 2.36. The summed E-state index contributed by atoms with van der Waals surface area (Å²) >= 11 is 3.43. The molecule has 0 spiro atoms. The topological polar surface area (TPSA) is 62.3 Å². The van der Waals surface area contributed by atoms with Gasteiger partial charge in [0.2, 0.25) is 5.88 Å². The fraction of sp³-hybridized carbons (Fsp3) is 0.240. The van der Waals surface area contributed by atoms with E-state index in [4.69, 9.17) is 10.5 Å². The Hall–Kier alpha value is -2.59. The van der Waals surface area contributed by atoms with E-state index >= 15 is 0 Å². The van der Waals surface area contributed by atoms with Gasteiger partial charge >= 0.3 is 0 Å². The Balaban J connectivity index is 1.81. The fourth-order valence-corrected chi connectivity index (χ4v) is 4.94. The average molecular weight is 448 g/mol. The molecule has 2 N–H and O–H groups in total.